The third-order valence-electron chi connectivity index (χ3n) is 7.19. The fourth-order valence-corrected chi connectivity index (χ4v) is 5.90. The molecule has 0 saturated heterocycles. The lowest BCUT2D eigenvalue weighted by molar-refractivity contribution is -0.116. The summed E-state index contributed by atoms with van der Waals surface area (Å²) in [5.74, 6) is 0.761. The van der Waals surface area contributed by atoms with E-state index in [1.807, 2.05) is 30.3 Å². The molecule has 1 fully saturated rings. The summed E-state index contributed by atoms with van der Waals surface area (Å²) in [6.07, 6.45) is 5.29. The van der Waals surface area contributed by atoms with Gasteiger partial charge in [0.05, 0.1) is 21.3 Å². The molecule has 7 heteroatoms. The largest absolute Gasteiger partial charge is 0.489 e. The Bertz CT molecular complexity index is 1390. The average molecular weight is 555 g/mol. The minimum Gasteiger partial charge on any atom is -0.489 e. The second kappa shape index (κ2) is 10.9. The summed E-state index contributed by atoms with van der Waals surface area (Å²) in [4.78, 5) is 24.2. The highest BCUT2D eigenvalue weighted by Crippen LogP contribution is 2.39. The first-order valence-electron chi connectivity index (χ1n) is 12.3. The highest BCUT2D eigenvalue weighted by Gasteiger charge is 2.34. The lowest BCUT2D eigenvalue weighted by atomic mass is 9.80. The Morgan fingerprint density at radius 2 is 1.70 bits per heavy atom. The van der Waals surface area contributed by atoms with E-state index >= 15 is 0 Å². The fraction of sp³-hybridized carbons (Fsp3) is 0.267. The Morgan fingerprint density at radius 1 is 0.946 bits per heavy atom. The molecule has 0 radical (unpaired) electrons. The minimum atomic E-state index is -0.0406. The maximum Gasteiger partial charge on any atom is 0.167 e. The number of Topliss-reactive ketones (excluding diaryl/α,β-unsaturated/α-hetero) is 1. The van der Waals surface area contributed by atoms with E-state index in [1.165, 1.54) is 11.1 Å². The molecule has 0 aromatic heterocycles. The van der Waals surface area contributed by atoms with Crippen LogP contribution in [0.3, 0.4) is 0 Å². The molecule has 0 aliphatic heterocycles. The second-order valence-electron chi connectivity index (χ2n) is 9.69. The Balaban J connectivity index is 1.35. The molecule has 2 aliphatic carbocycles. The molecule has 2 aliphatic rings. The van der Waals surface area contributed by atoms with E-state index in [0.29, 0.717) is 37.5 Å². The molecule has 0 spiro atoms. The number of carbonyl (C=O) groups excluding carboxylic acids is 2. The molecule has 3 aromatic carbocycles. The van der Waals surface area contributed by atoms with Gasteiger partial charge in [-0.25, -0.2) is 0 Å². The molecular weight excluding hydrogens is 529 g/mol. The number of fused-ring (bicyclic) bond motifs is 1. The van der Waals surface area contributed by atoms with Crippen molar-refractivity contribution < 1.29 is 14.3 Å². The van der Waals surface area contributed by atoms with Crippen LogP contribution >= 0.6 is 34.8 Å². The van der Waals surface area contributed by atoms with Crippen LogP contribution in [0.15, 0.2) is 60.2 Å². The van der Waals surface area contributed by atoms with Gasteiger partial charge in [0.1, 0.15) is 18.6 Å². The summed E-state index contributed by atoms with van der Waals surface area (Å²) >= 11 is 19.4. The molecule has 1 saturated carbocycles. The Morgan fingerprint density at radius 3 is 2.38 bits per heavy atom. The quantitative estimate of drug-likeness (QED) is 0.232. The predicted molar refractivity (Wildman–Crippen MR) is 149 cm³/mol. The van der Waals surface area contributed by atoms with Gasteiger partial charge in [0.25, 0.3) is 0 Å². The van der Waals surface area contributed by atoms with Crippen LogP contribution in [0, 0.1) is 5.92 Å². The van der Waals surface area contributed by atoms with Crippen LogP contribution in [-0.2, 0) is 17.6 Å². The zero-order valence-corrected chi connectivity index (χ0v) is 22.4. The highest BCUT2D eigenvalue weighted by atomic mass is 35.5. The number of aldehydes is 1. The molecule has 4 nitrogen and oxygen atoms in total. The molecule has 0 heterocycles. The monoisotopic (exact) mass is 553 g/mol. The summed E-state index contributed by atoms with van der Waals surface area (Å²) in [6.45, 7) is -0.00569. The lowest BCUT2D eigenvalue weighted by Crippen LogP contribution is -2.19. The number of nitrogens with two attached hydrogens (primary N) is 1. The van der Waals surface area contributed by atoms with Crippen molar-refractivity contribution in [3.63, 3.8) is 0 Å². The van der Waals surface area contributed by atoms with Gasteiger partial charge in [-0.1, -0.05) is 59.1 Å². The van der Waals surface area contributed by atoms with E-state index in [4.69, 9.17) is 45.3 Å². The first kappa shape index (κ1) is 25.8. The summed E-state index contributed by atoms with van der Waals surface area (Å²) in [5, 5.41) is 1.39. The summed E-state index contributed by atoms with van der Waals surface area (Å²) in [6, 6.07) is 16.7. The number of hydrogen-bond acceptors (Lipinski definition) is 4. The number of ketones is 1. The molecule has 2 N–H and O–H groups in total. The molecular formula is C30H26Cl3NO3. The first-order valence-corrected chi connectivity index (χ1v) is 13.5. The van der Waals surface area contributed by atoms with Crippen LogP contribution < -0.4 is 10.5 Å². The molecule has 37 heavy (non-hydrogen) atoms. The number of aryl methyl sites for hydroxylation is 1. The van der Waals surface area contributed by atoms with E-state index in [9.17, 15) is 9.59 Å². The van der Waals surface area contributed by atoms with Gasteiger partial charge in [-0.05, 0) is 85.0 Å². The predicted octanol–water partition coefficient (Wildman–Crippen LogP) is 7.46. The number of ether oxygens (including phenoxy) is 1. The SMILES string of the molecule is NC(=C(COc1ccc(C2CCc3cc(C=O)ccc3C2)c(Cl)c1)C(=O)C1CC1)c1c(Cl)cccc1Cl. The maximum atomic E-state index is 13.1. The molecule has 3 aromatic rings. The van der Waals surface area contributed by atoms with Gasteiger partial charge in [-0.3, -0.25) is 9.59 Å². The van der Waals surface area contributed by atoms with E-state index in [0.717, 1.165) is 44.0 Å². The van der Waals surface area contributed by atoms with Gasteiger partial charge in [-0.15, -0.1) is 0 Å². The molecule has 0 amide bonds. The van der Waals surface area contributed by atoms with E-state index in [2.05, 4.69) is 0 Å². The van der Waals surface area contributed by atoms with Gasteiger partial charge in [0.2, 0.25) is 0 Å². The number of halogens is 3. The van der Waals surface area contributed by atoms with Crippen LogP contribution in [0.5, 0.6) is 5.75 Å². The van der Waals surface area contributed by atoms with Crippen molar-refractivity contribution in [2.45, 2.75) is 38.0 Å². The Labute approximate surface area is 231 Å². The van der Waals surface area contributed by atoms with Crippen molar-refractivity contribution in [2.75, 3.05) is 6.61 Å². The number of carbonyl (C=O) groups is 2. The second-order valence-corrected chi connectivity index (χ2v) is 10.9. The first-order chi connectivity index (χ1) is 17.9. The van der Waals surface area contributed by atoms with Crippen molar-refractivity contribution in [3.8, 4) is 5.75 Å². The van der Waals surface area contributed by atoms with Gasteiger partial charge in [-0.2, -0.15) is 0 Å². The van der Waals surface area contributed by atoms with Gasteiger partial charge >= 0.3 is 0 Å². The van der Waals surface area contributed by atoms with Crippen LogP contribution in [0.25, 0.3) is 5.70 Å². The zero-order valence-electron chi connectivity index (χ0n) is 20.1. The van der Waals surface area contributed by atoms with Crippen molar-refractivity contribution >= 4 is 52.6 Å². The number of hydrogen-bond donors (Lipinski definition) is 1. The molecule has 190 valence electrons. The van der Waals surface area contributed by atoms with Crippen LogP contribution in [-0.4, -0.2) is 18.7 Å². The van der Waals surface area contributed by atoms with E-state index in [-0.39, 0.29) is 29.9 Å². The van der Waals surface area contributed by atoms with Gasteiger partial charge in [0, 0.05) is 22.1 Å². The fourth-order valence-electron chi connectivity index (χ4n) is 4.98. The van der Waals surface area contributed by atoms with Crippen molar-refractivity contribution in [1.29, 1.82) is 0 Å². The topological polar surface area (TPSA) is 69.4 Å². The third kappa shape index (κ3) is 5.57. The van der Waals surface area contributed by atoms with Crippen LogP contribution in [0.1, 0.15) is 57.8 Å². The van der Waals surface area contributed by atoms with Crippen molar-refractivity contribution in [1.82, 2.24) is 0 Å². The summed E-state index contributed by atoms with van der Waals surface area (Å²) < 4.78 is 6.03. The Hall–Kier alpha value is -2.79. The van der Waals surface area contributed by atoms with Crippen LogP contribution in [0.4, 0.5) is 0 Å². The maximum absolute atomic E-state index is 13.1. The molecule has 5 rings (SSSR count). The standard InChI is InChI=1S/C30H26Cl3NO3/c31-25-2-1-3-26(32)28(25)29(34)24(30(36)18-6-7-18)16-37-22-10-11-23(27(33)14-22)21-9-8-19-12-17(15-35)4-5-20(19)13-21/h1-5,10-12,14-15,18,21H,6-9,13,16,34H2. The minimum absolute atomic E-state index is 0.00569. The average Bonchev–Trinajstić information content (AvgIpc) is 3.74. The number of rotatable bonds is 8. The van der Waals surface area contributed by atoms with E-state index < -0.39 is 0 Å². The van der Waals surface area contributed by atoms with E-state index in [1.54, 1.807) is 24.3 Å². The van der Waals surface area contributed by atoms with Gasteiger partial charge < -0.3 is 10.5 Å². The Kier molecular flexibility index (Phi) is 7.62. The summed E-state index contributed by atoms with van der Waals surface area (Å²) in [7, 11) is 0. The molecule has 0 bridgehead atoms. The lowest BCUT2D eigenvalue weighted by Gasteiger charge is -2.26. The highest BCUT2D eigenvalue weighted by molar-refractivity contribution is 6.37. The molecule has 1 atom stereocenters. The third-order valence-corrected chi connectivity index (χ3v) is 8.15. The smallest absolute Gasteiger partial charge is 0.167 e. The summed E-state index contributed by atoms with van der Waals surface area (Å²) in [5.41, 5.74) is 11.8. The normalized spacial score (nSPS) is 17.5. The number of benzene rings is 3. The van der Waals surface area contributed by atoms with Crippen molar-refractivity contribution in [2.24, 2.45) is 11.7 Å². The van der Waals surface area contributed by atoms with Crippen molar-refractivity contribution in [3.05, 3.63) is 103 Å². The van der Waals surface area contributed by atoms with Gasteiger partial charge in [0.15, 0.2) is 5.78 Å². The zero-order chi connectivity index (χ0) is 26.1. The molecule has 1 unspecified atom stereocenters. The van der Waals surface area contributed by atoms with Crippen LogP contribution in [0.2, 0.25) is 15.1 Å².